The molecule has 2 amide bonds. The van der Waals surface area contributed by atoms with Crippen molar-refractivity contribution in [1.82, 2.24) is 10.6 Å². The lowest BCUT2D eigenvalue weighted by molar-refractivity contribution is -0.149. The van der Waals surface area contributed by atoms with Crippen LogP contribution in [0, 0.1) is 11.3 Å². The van der Waals surface area contributed by atoms with Crippen LogP contribution in [0.1, 0.15) is 33.6 Å². The SMILES string of the molecule is CCC(CC)(CNC(=O)NCC(C)CSC)C(=O)O. The van der Waals surface area contributed by atoms with E-state index >= 15 is 0 Å². The predicted molar refractivity (Wildman–Crippen MR) is 79.6 cm³/mol. The molecule has 6 heteroatoms. The number of thioether (sulfide) groups is 1. The first kappa shape index (κ1) is 18.1. The smallest absolute Gasteiger partial charge is 0.314 e. The van der Waals surface area contributed by atoms with Crippen LogP contribution in [-0.2, 0) is 4.79 Å². The molecule has 5 nitrogen and oxygen atoms in total. The molecule has 19 heavy (non-hydrogen) atoms. The van der Waals surface area contributed by atoms with E-state index in [-0.39, 0.29) is 12.6 Å². The molecule has 0 saturated heterocycles. The van der Waals surface area contributed by atoms with Gasteiger partial charge in [-0.25, -0.2) is 4.79 Å². The molecule has 0 aromatic heterocycles. The highest BCUT2D eigenvalue weighted by Crippen LogP contribution is 2.25. The standard InChI is InChI=1S/C13H26N2O3S/c1-5-13(6-2,11(16)17)9-15-12(18)14-7-10(3)8-19-4/h10H,5-9H2,1-4H3,(H,16,17)(H2,14,15,18). The number of carbonyl (C=O) groups is 2. The summed E-state index contributed by atoms with van der Waals surface area (Å²) in [5.41, 5.74) is -0.859. The number of amides is 2. The van der Waals surface area contributed by atoms with Crippen molar-refractivity contribution in [1.29, 1.82) is 0 Å². The van der Waals surface area contributed by atoms with E-state index in [1.807, 2.05) is 20.1 Å². The summed E-state index contributed by atoms with van der Waals surface area (Å²) < 4.78 is 0. The Kier molecular flexibility index (Phi) is 8.63. The van der Waals surface area contributed by atoms with Crippen molar-refractivity contribution in [2.45, 2.75) is 33.6 Å². The second-order valence-electron chi connectivity index (χ2n) is 4.92. The number of urea groups is 1. The highest BCUT2D eigenvalue weighted by atomic mass is 32.2. The summed E-state index contributed by atoms with van der Waals surface area (Å²) in [5, 5.41) is 14.7. The molecule has 0 heterocycles. The van der Waals surface area contributed by atoms with Gasteiger partial charge in [-0.3, -0.25) is 4.79 Å². The first-order valence-electron chi connectivity index (χ1n) is 6.65. The van der Waals surface area contributed by atoms with Gasteiger partial charge in [-0.1, -0.05) is 20.8 Å². The molecule has 0 aromatic rings. The number of carboxylic acid groups (broad SMARTS) is 1. The van der Waals surface area contributed by atoms with E-state index in [0.717, 1.165) is 5.75 Å². The first-order valence-corrected chi connectivity index (χ1v) is 8.05. The number of hydrogen-bond acceptors (Lipinski definition) is 3. The van der Waals surface area contributed by atoms with Gasteiger partial charge in [-0.15, -0.1) is 0 Å². The van der Waals surface area contributed by atoms with Gasteiger partial charge in [0.1, 0.15) is 0 Å². The van der Waals surface area contributed by atoms with Crippen LogP contribution >= 0.6 is 11.8 Å². The molecule has 0 spiro atoms. The Bertz CT molecular complexity index is 294. The molecule has 0 aliphatic rings. The second kappa shape index (κ2) is 9.07. The number of hydrogen-bond donors (Lipinski definition) is 3. The Hall–Kier alpha value is -0.910. The summed E-state index contributed by atoms with van der Waals surface area (Å²) in [5.74, 6) is 0.541. The lowest BCUT2D eigenvalue weighted by atomic mass is 9.82. The van der Waals surface area contributed by atoms with E-state index in [0.29, 0.717) is 25.3 Å². The van der Waals surface area contributed by atoms with Gasteiger partial charge in [0.25, 0.3) is 0 Å². The molecular weight excluding hydrogens is 264 g/mol. The van der Waals surface area contributed by atoms with E-state index in [9.17, 15) is 14.7 Å². The summed E-state index contributed by atoms with van der Waals surface area (Å²) in [6.45, 7) is 6.50. The number of rotatable bonds is 9. The Labute approximate surface area is 119 Å². The third-order valence-corrected chi connectivity index (χ3v) is 4.36. The highest BCUT2D eigenvalue weighted by molar-refractivity contribution is 7.98. The third-order valence-electron chi connectivity index (χ3n) is 3.46. The van der Waals surface area contributed by atoms with Crippen LogP contribution in [0.3, 0.4) is 0 Å². The molecule has 0 saturated carbocycles. The van der Waals surface area contributed by atoms with Gasteiger partial charge < -0.3 is 15.7 Å². The summed E-state index contributed by atoms with van der Waals surface area (Å²) >= 11 is 1.74. The van der Waals surface area contributed by atoms with Gasteiger partial charge in [0, 0.05) is 13.1 Å². The molecule has 112 valence electrons. The Morgan fingerprint density at radius 1 is 1.26 bits per heavy atom. The summed E-state index contributed by atoms with van der Waals surface area (Å²) in [6, 6.07) is -0.291. The molecule has 3 N–H and O–H groups in total. The lowest BCUT2D eigenvalue weighted by Gasteiger charge is -2.27. The van der Waals surface area contributed by atoms with E-state index < -0.39 is 11.4 Å². The summed E-state index contributed by atoms with van der Waals surface area (Å²) in [7, 11) is 0. The zero-order valence-corrected chi connectivity index (χ0v) is 13.1. The average Bonchev–Trinajstić information content (AvgIpc) is 2.38. The van der Waals surface area contributed by atoms with Crippen molar-refractivity contribution < 1.29 is 14.7 Å². The second-order valence-corrected chi connectivity index (χ2v) is 5.83. The number of carbonyl (C=O) groups excluding carboxylic acids is 1. The van der Waals surface area contributed by atoms with Crippen LogP contribution in [0.5, 0.6) is 0 Å². The van der Waals surface area contributed by atoms with Crippen molar-refractivity contribution in [3.63, 3.8) is 0 Å². The first-order chi connectivity index (χ1) is 8.91. The molecule has 0 aliphatic heterocycles. The topological polar surface area (TPSA) is 78.4 Å². The quantitative estimate of drug-likeness (QED) is 0.608. The molecular formula is C13H26N2O3S. The molecule has 0 rings (SSSR count). The van der Waals surface area contributed by atoms with Crippen LogP contribution in [0.2, 0.25) is 0 Å². The number of nitrogens with one attached hydrogen (secondary N) is 2. The van der Waals surface area contributed by atoms with Crippen LogP contribution in [0.25, 0.3) is 0 Å². The van der Waals surface area contributed by atoms with Crippen molar-refractivity contribution in [2.75, 3.05) is 25.1 Å². The fourth-order valence-electron chi connectivity index (χ4n) is 1.80. The minimum absolute atomic E-state index is 0.165. The molecule has 1 unspecified atom stereocenters. The minimum Gasteiger partial charge on any atom is -0.481 e. The average molecular weight is 290 g/mol. The van der Waals surface area contributed by atoms with Gasteiger partial charge in [-0.2, -0.15) is 11.8 Å². The fraction of sp³-hybridized carbons (Fsp3) is 0.846. The number of aliphatic carboxylic acids is 1. The van der Waals surface area contributed by atoms with Crippen molar-refractivity contribution in [3.8, 4) is 0 Å². The van der Waals surface area contributed by atoms with Gasteiger partial charge >= 0.3 is 12.0 Å². The molecule has 1 atom stereocenters. The minimum atomic E-state index is -0.859. The normalized spacial score (nSPS) is 12.8. The third kappa shape index (κ3) is 6.18. The molecule has 0 aliphatic carbocycles. The summed E-state index contributed by atoms with van der Waals surface area (Å²) in [4.78, 5) is 22.9. The van der Waals surface area contributed by atoms with Gasteiger partial charge in [0.05, 0.1) is 5.41 Å². The van der Waals surface area contributed by atoms with Crippen LogP contribution in [0.15, 0.2) is 0 Å². The van der Waals surface area contributed by atoms with Crippen LogP contribution in [0.4, 0.5) is 4.79 Å². The predicted octanol–water partition coefficient (Wildman–Crippen LogP) is 2.18. The van der Waals surface area contributed by atoms with E-state index in [2.05, 4.69) is 17.6 Å². The fourth-order valence-corrected chi connectivity index (χ4v) is 2.49. The Morgan fingerprint density at radius 3 is 2.26 bits per heavy atom. The van der Waals surface area contributed by atoms with E-state index in [4.69, 9.17) is 0 Å². The molecule has 0 radical (unpaired) electrons. The molecule has 0 bridgehead atoms. The molecule has 0 fully saturated rings. The zero-order chi connectivity index (χ0) is 14.9. The number of carboxylic acids is 1. The van der Waals surface area contributed by atoms with Crippen molar-refractivity contribution >= 4 is 23.8 Å². The highest BCUT2D eigenvalue weighted by Gasteiger charge is 2.35. The van der Waals surface area contributed by atoms with Crippen molar-refractivity contribution in [2.24, 2.45) is 11.3 Å². The Balaban J connectivity index is 4.16. The van der Waals surface area contributed by atoms with E-state index in [1.54, 1.807) is 11.8 Å². The van der Waals surface area contributed by atoms with Crippen molar-refractivity contribution in [3.05, 3.63) is 0 Å². The molecule has 0 aromatic carbocycles. The van der Waals surface area contributed by atoms with E-state index in [1.165, 1.54) is 0 Å². The maximum absolute atomic E-state index is 11.6. The maximum Gasteiger partial charge on any atom is 0.314 e. The largest absolute Gasteiger partial charge is 0.481 e. The maximum atomic E-state index is 11.6. The lowest BCUT2D eigenvalue weighted by Crippen LogP contribution is -2.46. The van der Waals surface area contributed by atoms with Gasteiger partial charge in [0.2, 0.25) is 0 Å². The summed E-state index contributed by atoms with van der Waals surface area (Å²) in [6.07, 6.45) is 3.03. The zero-order valence-electron chi connectivity index (χ0n) is 12.3. The van der Waals surface area contributed by atoms with Crippen LogP contribution < -0.4 is 10.6 Å². The monoisotopic (exact) mass is 290 g/mol. The van der Waals surface area contributed by atoms with Gasteiger partial charge in [-0.05, 0) is 30.8 Å². The van der Waals surface area contributed by atoms with Gasteiger partial charge in [0.15, 0.2) is 0 Å². The Morgan fingerprint density at radius 2 is 1.84 bits per heavy atom. The van der Waals surface area contributed by atoms with Crippen LogP contribution in [-0.4, -0.2) is 42.2 Å².